The van der Waals surface area contributed by atoms with Gasteiger partial charge in [-0.2, -0.15) is 0 Å². The van der Waals surface area contributed by atoms with E-state index in [1.165, 1.54) is 12.1 Å². The van der Waals surface area contributed by atoms with Crippen LogP contribution in [0.3, 0.4) is 0 Å². The lowest BCUT2D eigenvalue weighted by Gasteiger charge is -2.16. The highest BCUT2D eigenvalue weighted by molar-refractivity contribution is 5.30. The fourth-order valence-corrected chi connectivity index (χ4v) is 1.94. The van der Waals surface area contributed by atoms with Gasteiger partial charge in [-0.05, 0) is 31.7 Å². The van der Waals surface area contributed by atoms with E-state index in [2.05, 4.69) is 20.2 Å². The van der Waals surface area contributed by atoms with Gasteiger partial charge in [-0.15, -0.1) is 0 Å². The Labute approximate surface area is 118 Å². The van der Waals surface area contributed by atoms with Gasteiger partial charge in [-0.1, -0.05) is 12.1 Å². The highest BCUT2D eigenvalue weighted by Gasteiger charge is 2.04. The SMILES string of the molecule is CCNc1cnc(CN(C)Cc2ccc(F)cc2)cn1. The molecule has 1 heterocycles. The van der Waals surface area contributed by atoms with Crippen LogP contribution in [0.5, 0.6) is 0 Å². The molecule has 2 aromatic rings. The topological polar surface area (TPSA) is 41.1 Å². The van der Waals surface area contributed by atoms with Gasteiger partial charge in [0, 0.05) is 19.6 Å². The van der Waals surface area contributed by atoms with Gasteiger partial charge in [0.2, 0.25) is 0 Å². The fourth-order valence-electron chi connectivity index (χ4n) is 1.94. The minimum atomic E-state index is -0.207. The minimum absolute atomic E-state index is 0.207. The average molecular weight is 274 g/mol. The molecule has 0 radical (unpaired) electrons. The molecular formula is C15H19FN4. The number of hydrogen-bond donors (Lipinski definition) is 1. The molecule has 0 amide bonds. The van der Waals surface area contributed by atoms with Crippen LogP contribution >= 0.6 is 0 Å². The molecule has 0 saturated carbocycles. The molecule has 106 valence electrons. The minimum Gasteiger partial charge on any atom is -0.369 e. The lowest BCUT2D eigenvalue weighted by atomic mass is 10.2. The molecule has 0 saturated heterocycles. The van der Waals surface area contributed by atoms with Gasteiger partial charge in [0.05, 0.1) is 18.1 Å². The van der Waals surface area contributed by atoms with Crippen molar-refractivity contribution >= 4 is 5.82 Å². The third kappa shape index (κ3) is 4.28. The number of hydrogen-bond acceptors (Lipinski definition) is 4. The van der Waals surface area contributed by atoms with Crippen molar-refractivity contribution in [2.75, 3.05) is 18.9 Å². The smallest absolute Gasteiger partial charge is 0.144 e. The van der Waals surface area contributed by atoms with E-state index in [4.69, 9.17) is 0 Å². The summed E-state index contributed by atoms with van der Waals surface area (Å²) in [5.74, 6) is 0.582. The summed E-state index contributed by atoms with van der Waals surface area (Å²) in [5, 5.41) is 3.11. The zero-order valence-corrected chi connectivity index (χ0v) is 11.8. The summed E-state index contributed by atoms with van der Waals surface area (Å²) < 4.78 is 12.8. The first-order valence-electron chi connectivity index (χ1n) is 6.65. The van der Waals surface area contributed by atoms with E-state index in [0.29, 0.717) is 6.54 Å². The van der Waals surface area contributed by atoms with Crippen molar-refractivity contribution in [2.24, 2.45) is 0 Å². The molecule has 0 spiro atoms. The molecular weight excluding hydrogens is 255 g/mol. The molecule has 1 aromatic carbocycles. The Morgan fingerprint density at radius 2 is 1.85 bits per heavy atom. The highest BCUT2D eigenvalue weighted by atomic mass is 19.1. The standard InChI is InChI=1S/C15H19FN4/c1-3-17-15-9-18-14(8-19-15)11-20(2)10-12-4-6-13(16)7-5-12/h4-9H,3,10-11H2,1-2H3,(H,17,19). The van der Waals surface area contributed by atoms with Crippen molar-refractivity contribution in [3.05, 3.63) is 53.7 Å². The summed E-state index contributed by atoms with van der Waals surface area (Å²) in [6.45, 7) is 4.30. The summed E-state index contributed by atoms with van der Waals surface area (Å²) in [5.41, 5.74) is 1.99. The summed E-state index contributed by atoms with van der Waals surface area (Å²) in [4.78, 5) is 10.8. The monoisotopic (exact) mass is 274 g/mol. The molecule has 5 heteroatoms. The van der Waals surface area contributed by atoms with E-state index in [0.717, 1.165) is 30.2 Å². The lowest BCUT2D eigenvalue weighted by molar-refractivity contribution is 0.314. The number of benzene rings is 1. The first kappa shape index (κ1) is 14.4. The van der Waals surface area contributed by atoms with Gasteiger partial charge in [0.15, 0.2) is 0 Å². The van der Waals surface area contributed by atoms with Crippen LogP contribution in [-0.4, -0.2) is 28.5 Å². The number of nitrogens with zero attached hydrogens (tertiary/aromatic N) is 3. The average Bonchev–Trinajstić information content (AvgIpc) is 2.44. The number of halogens is 1. The molecule has 0 aliphatic rings. The van der Waals surface area contributed by atoms with E-state index in [-0.39, 0.29) is 5.82 Å². The second-order valence-corrected chi connectivity index (χ2v) is 4.72. The molecule has 1 aromatic heterocycles. The van der Waals surface area contributed by atoms with Gasteiger partial charge >= 0.3 is 0 Å². The molecule has 4 nitrogen and oxygen atoms in total. The van der Waals surface area contributed by atoms with Crippen LogP contribution in [0.15, 0.2) is 36.7 Å². The van der Waals surface area contributed by atoms with Crippen LogP contribution in [0, 0.1) is 5.82 Å². The molecule has 0 aliphatic carbocycles. The van der Waals surface area contributed by atoms with E-state index in [1.54, 1.807) is 24.5 Å². The van der Waals surface area contributed by atoms with E-state index in [1.807, 2.05) is 14.0 Å². The summed E-state index contributed by atoms with van der Waals surface area (Å²) >= 11 is 0. The Balaban J connectivity index is 1.90. The molecule has 20 heavy (non-hydrogen) atoms. The van der Waals surface area contributed by atoms with Crippen LogP contribution in [0.2, 0.25) is 0 Å². The zero-order valence-electron chi connectivity index (χ0n) is 11.8. The predicted octanol–water partition coefficient (Wildman–Crippen LogP) is 2.68. The van der Waals surface area contributed by atoms with Gasteiger partial charge in [0.1, 0.15) is 11.6 Å². The van der Waals surface area contributed by atoms with Crippen molar-refractivity contribution in [1.82, 2.24) is 14.9 Å². The Kier molecular flexibility index (Phi) is 5.01. The van der Waals surface area contributed by atoms with Crippen LogP contribution in [0.4, 0.5) is 10.2 Å². The van der Waals surface area contributed by atoms with Crippen molar-refractivity contribution < 1.29 is 4.39 Å². The summed E-state index contributed by atoms with van der Waals surface area (Å²) in [7, 11) is 2.00. The number of aromatic nitrogens is 2. The third-order valence-electron chi connectivity index (χ3n) is 2.86. The maximum Gasteiger partial charge on any atom is 0.144 e. The van der Waals surface area contributed by atoms with Crippen molar-refractivity contribution in [2.45, 2.75) is 20.0 Å². The Bertz CT molecular complexity index is 525. The molecule has 0 aliphatic heterocycles. The molecule has 1 N–H and O–H groups in total. The van der Waals surface area contributed by atoms with E-state index >= 15 is 0 Å². The zero-order chi connectivity index (χ0) is 14.4. The van der Waals surface area contributed by atoms with E-state index in [9.17, 15) is 4.39 Å². The summed E-state index contributed by atoms with van der Waals surface area (Å²) in [6, 6.07) is 6.56. The van der Waals surface area contributed by atoms with Gasteiger partial charge in [-0.25, -0.2) is 9.37 Å². The first-order chi connectivity index (χ1) is 9.67. The van der Waals surface area contributed by atoms with Crippen LogP contribution < -0.4 is 5.32 Å². The first-order valence-corrected chi connectivity index (χ1v) is 6.65. The summed E-state index contributed by atoms with van der Waals surface area (Å²) in [6.07, 6.45) is 3.52. The second kappa shape index (κ2) is 6.96. The normalized spacial score (nSPS) is 10.8. The van der Waals surface area contributed by atoms with Crippen LogP contribution in [-0.2, 0) is 13.1 Å². The van der Waals surface area contributed by atoms with Gasteiger partial charge < -0.3 is 5.32 Å². The third-order valence-corrected chi connectivity index (χ3v) is 2.86. The Morgan fingerprint density at radius 1 is 1.10 bits per heavy atom. The predicted molar refractivity (Wildman–Crippen MR) is 77.8 cm³/mol. The van der Waals surface area contributed by atoms with Crippen molar-refractivity contribution in [1.29, 1.82) is 0 Å². The molecule has 0 bridgehead atoms. The van der Waals surface area contributed by atoms with Gasteiger partial charge in [0.25, 0.3) is 0 Å². The Hall–Kier alpha value is -2.01. The quantitative estimate of drug-likeness (QED) is 0.879. The fraction of sp³-hybridized carbons (Fsp3) is 0.333. The van der Waals surface area contributed by atoms with Crippen molar-refractivity contribution in [3.63, 3.8) is 0 Å². The largest absolute Gasteiger partial charge is 0.369 e. The molecule has 0 atom stereocenters. The molecule has 0 unspecified atom stereocenters. The maximum absolute atomic E-state index is 12.8. The maximum atomic E-state index is 12.8. The number of rotatable bonds is 6. The molecule has 2 rings (SSSR count). The van der Waals surface area contributed by atoms with E-state index < -0.39 is 0 Å². The second-order valence-electron chi connectivity index (χ2n) is 4.72. The highest BCUT2D eigenvalue weighted by Crippen LogP contribution is 2.08. The number of anilines is 1. The lowest BCUT2D eigenvalue weighted by Crippen LogP contribution is -2.18. The van der Waals surface area contributed by atoms with Gasteiger partial charge in [-0.3, -0.25) is 9.88 Å². The van der Waals surface area contributed by atoms with Crippen LogP contribution in [0.1, 0.15) is 18.2 Å². The number of nitrogens with one attached hydrogen (secondary N) is 1. The Morgan fingerprint density at radius 3 is 2.45 bits per heavy atom. The van der Waals surface area contributed by atoms with Crippen molar-refractivity contribution in [3.8, 4) is 0 Å². The molecule has 0 fully saturated rings. The van der Waals surface area contributed by atoms with Crippen LogP contribution in [0.25, 0.3) is 0 Å².